The van der Waals surface area contributed by atoms with E-state index in [0.29, 0.717) is 0 Å². The summed E-state index contributed by atoms with van der Waals surface area (Å²) >= 11 is 1.78. The Labute approximate surface area is 226 Å². The quantitative estimate of drug-likeness (QED) is 0.237. The highest BCUT2D eigenvalue weighted by molar-refractivity contribution is 7.25. The average Bonchev–Trinajstić information content (AvgIpc) is 3.51. The van der Waals surface area contributed by atoms with Crippen LogP contribution in [-0.2, 0) is 5.41 Å². The van der Waals surface area contributed by atoms with Gasteiger partial charge in [-0.15, -0.1) is 11.3 Å². The monoisotopic (exact) mass is 509 g/mol. The summed E-state index contributed by atoms with van der Waals surface area (Å²) in [6, 6.07) is 36.6. The van der Waals surface area contributed by atoms with Gasteiger partial charge in [0.25, 0.3) is 0 Å². The molecule has 0 N–H and O–H groups in total. The van der Waals surface area contributed by atoms with E-state index in [4.69, 9.17) is 9.97 Å². The smallest absolute Gasteiger partial charge is 0.147 e. The van der Waals surface area contributed by atoms with Crippen LogP contribution in [0, 0.1) is 0 Å². The highest BCUT2D eigenvalue weighted by atomic mass is 32.1. The highest BCUT2D eigenvalue weighted by Crippen LogP contribution is 2.39. The molecule has 184 valence electrons. The minimum atomic E-state index is 0.0397. The summed E-state index contributed by atoms with van der Waals surface area (Å²) in [6.45, 7) is 6.79. The van der Waals surface area contributed by atoms with Crippen LogP contribution in [0.4, 0.5) is 0 Å². The number of para-hydroxylation sites is 2. The second-order valence-electron chi connectivity index (χ2n) is 10.8. The van der Waals surface area contributed by atoms with Crippen LogP contribution >= 0.6 is 11.3 Å². The Kier molecular flexibility index (Phi) is 5.20. The fourth-order valence-electron chi connectivity index (χ4n) is 5.23. The van der Waals surface area contributed by atoms with Gasteiger partial charge < -0.3 is 0 Å². The van der Waals surface area contributed by atoms with Crippen molar-refractivity contribution in [2.45, 2.75) is 26.2 Å². The van der Waals surface area contributed by atoms with Crippen LogP contribution in [0.2, 0.25) is 0 Å². The molecule has 0 atom stereocenters. The lowest BCUT2D eigenvalue weighted by atomic mass is 9.85. The van der Waals surface area contributed by atoms with Crippen LogP contribution in [0.3, 0.4) is 0 Å². The Bertz CT molecular complexity index is 1960. The largest absolute Gasteiger partial charge is 0.292 e. The molecular formula is C34H27N3S. The minimum absolute atomic E-state index is 0.0397. The molecule has 0 amide bonds. The molecule has 0 unspecified atom stereocenters. The van der Waals surface area contributed by atoms with Crippen LogP contribution in [-0.4, -0.2) is 14.5 Å². The van der Waals surface area contributed by atoms with Crippen molar-refractivity contribution in [3.63, 3.8) is 0 Å². The molecule has 4 heteroatoms. The topological polar surface area (TPSA) is 30.7 Å². The van der Waals surface area contributed by atoms with E-state index < -0.39 is 0 Å². The molecule has 0 aliphatic heterocycles. The predicted molar refractivity (Wildman–Crippen MR) is 161 cm³/mol. The van der Waals surface area contributed by atoms with Crippen molar-refractivity contribution in [3.05, 3.63) is 115 Å². The molecule has 7 aromatic rings. The zero-order chi connectivity index (χ0) is 25.9. The third kappa shape index (κ3) is 3.72. The zero-order valence-corrected chi connectivity index (χ0v) is 22.5. The van der Waals surface area contributed by atoms with E-state index in [2.05, 4.69) is 128 Å². The van der Waals surface area contributed by atoms with E-state index in [1.165, 1.54) is 31.5 Å². The number of nitrogens with zero attached hydrogens (tertiary/aromatic N) is 3. The third-order valence-electron chi connectivity index (χ3n) is 7.22. The van der Waals surface area contributed by atoms with Crippen molar-refractivity contribution in [2.75, 3.05) is 0 Å². The van der Waals surface area contributed by atoms with Crippen molar-refractivity contribution in [3.8, 4) is 28.2 Å². The summed E-state index contributed by atoms with van der Waals surface area (Å²) in [4.78, 5) is 10.1. The van der Waals surface area contributed by atoms with E-state index in [9.17, 15) is 0 Å². The number of benzene rings is 4. The Hall–Kier alpha value is -4.28. The second-order valence-corrected chi connectivity index (χ2v) is 11.9. The summed E-state index contributed by atoms with van der Waals surface area (Å²) in [5.74, 6) is 0.902. The van der Waals surface area contributed by atoms with E-state index >= 15 is 0 Å². The molecule has 38 heavy (non-hydrogen) atoms. The molecule has 4 aromatic carbocycles. The number of hydrogen-bond acceptors (Lipinski definition) is 3. The van der Waals surface area contributed by atoms with Gasteiger partial charge in [-0.2, -0.15) is 0 Å². The maximum Gasteiger partial charge on any atom is 0.147 e. The first-order chi connectivity index (χ1) is 18.5. The van der Waals surface area contributed by atoms with Gasteiger partial charge in [0.1, 0.15) is 5.82 Å². The fraction of sp³-hybridized carbons (Fsp3) is 0.118. The van der Waals surface area contributed by atoms with Crippen molar-refractivity contribution in [1.29, 1.82) is 0 Å². The van der Waals surface area contributed by atoms with Gasteiger partial charge in [0.05, 0.1) is 26.9 Å². The van der Waals surface area contributed by atoms with Crippen molar-refractivity contribution < 1.29 is 0 Å². The normalized spacial score (nSPS) is 12.1. The molecule has 0 spiro atoms. The Morgan fingerprint density at radius 3 is 2.32 bits per heavy atom. The Morgan fingerprint density at radius 2 is 1.47 bits per heavy atom. The molecule has 0 fully saturated rings. The molecular weight excluding hydrogens is 482 g/mol. The predicted octanol–water partition coefficient (Wildman–Crippen LogP) is 9.42. The minimum Gasteiger partial charge on any atom is -0.292 e. The second kappa shape index (κ2) is 8.64. The lowest BCUT2D eigenvalue weighted by molar-refractivity contribution is 0.590. The van der Waals surface area contributed by atoms with Crippen molar-refractivity contribution in [2.24, 2.45) is 0 Å². The molecule has 3 heterocycles. The van der Waals surface area contributed by atoms with Crippen LogP contribution in [0.15, 0.2) is 109 Å². The van der Waals surface area contributed by atoms with Gasteiger partial charge in [-0.25, -0.2) is 4.98 Å². The molecule has 0 saturated carbocycles. The first kappa shape index (κ1) is 22.9. The molecule has 3 nitrogen and oxygen atoms in total. The standard InChI is InChI=1S/C34H27N3S/c1-34(2,3)24-17-18-28(26(20-24)22-11-5-4-6-12-22)37-29-15-9-8-14-27(29)36-33(37)23-19-31-32(35-21-23)25-13-7-10-16-30(25)38-31/h4-21H,1-3H3. The van der Waals surface area contributed by atoms with Crippen LogP contribution in [0.25, 0.3) is 59.5 Å². The number of aromatic nitrogens is 3. The summed E-state index contributed by atoms with van der Waals surface area (Å²) in [6.07, 6.45) is 1.98. The molecule has 0 bridgehead atoms. The number of hydrogen-bond donors (Lipinski definition) is 0. The van der Waals surface area contributed by atoms with Crippen molar-refractivity contribution >= 4 is 42.7 Å². The van der Waals surface area contributed by atoms with Gasteiger partial charge in [-0.1, -0.05) is 87.5 Å². The number of rotatable bonds is 3. The lowest BCUT2D eigenvalue weighted by Crippen LogP contribution is -2.12. The van der Waals surface area contributed by atoms with E-state index in [1.54, 1.807) is 11.3 Å². The molecule has 0 aliphatic carbocycles. The summed E-state index contributed by atoms with van der Waals surface area (Å²) in [7, 11) is 0. The van der Waals surface area contributed by atoms with Gasteiger partial charge in [-0.3, -0.25) is 9.55 Å². The number of thiophene rings is 1. The average molecular weight is 510 g/mol. The summed E-state index contributed by atoms with van der Waals surface area (Å²) in [5.41, 5.74) is 8.96. The molecule has 0 aliphatic rings. The van der Waals surface area contributed by atoms with Crippen LogP contribution < -0.4 is 0 Å². The number of imidazole rings is 1. The first-order valence-corrected chi connectivity index (χ1v) is 13.7. The maximum atomic E-state index is 5.15. The van der Waals surface area contributed by atoms with Crippen molar-refractivity contribution in [1.82, 2.24) is 14.5 Å². The Balaban J connectivity index is 1.52. The van der Waals surface area contributed by atoms with Crippen LogP contribution in [0.5, 0.6) is 0 Å². The molecule has 7 rings (SSSR count). The SMILES string of the molecule is CC(C)(C)c1ccc(-n2c(-c3cnc4c(c3)sc3ccccc34)nc3ccccc32)c(-c2ccccc2)c1. The first-order valence-electron chi connectivity index (χ1n) is 12.9. The van der Waals surface area contributed by atoms with Gasteiger partial charge in [-0.05, 0) is 52.9 Å². The van der Waals surface area contributed by atoms with Gasteiger partial charge in [0.15, 0.2) is 0 Å². The highest BCUT2D eigenvalue weighted by Gasteiger charge is 2.21. The van der Waals surface area contributed by atoms with Crippen LogP contribution in [0.1, 0.15) is 26.3 Å². The summed E-state index contributed by atoms with van der Waals surface area (Å²) in [5, 5.41) is 1.21. The number of fused-ring (bicyclic) bond motifs is 4. The van der Waals surface area contributed by atoms with Gasteiger partial charge >= 0.3 is 0 Å². The fourth-order valence-corrected chi connectivity index (χ4v) is 6.33. The molecule has 3 aromatic heterocycles. The molecule has 0 saturated heterocycles. The van der Waals surface area contributed by atoms with Gasteiger partial charge in [0, 0.05) is 27.4 Å². The maximum absolute atomic E-state index is 5.15. The number of pyridine rings is 1. The summed E-state index contributed by atoms with van der Waals surface area (Å²) < 4.78 is 4.73. The lowest BCUT2D eigenvalue weighted by Gasteiger charge is -2.23. The van der Waals surface area contributed by atoms with E-state index in [0.717, 1.165) is 33.6 Å². The molecule has 0 radical (unpaired) electrons. The van der Waals surface area contributed by atoms with Gasteiger partial charge in [0.2, 0.25) is 0 Å². The van der Waals surface area contributed by atoms with E-state index in [1.807, 2.05) is 6.20 Å². The van der Waals surface area contributed by atoms with E-state index in [-0.39, 0.29) is 5.41 Å². The Morgan fingerprint density at radius 1 is 0.711 bits per heavy atom. The third-order valence-corrected chi connectivity index (χ3v) is 8.33. The zero-order valence-electron chi connectivity index (χ0n) is 21.6.